The molecular weight excluding hydrogens is 256 g/mol. The molecule has 2 aromatic carbocycles. The SMILES string of the molecule is O=[N+]([O-])c1ccc(NCc2ccccc2)c(CCO)c1. The summed E-state index contributed by atoms with van der Waals surface area (Å²) < 4.78 is 0. The molecule has 0 radical (unpaired) electrons. The number of rotatable bonds is 6. The van der Waals surface area contributed by atoms with Crippen LogP contribution in [0.5, 0.6) is 0 Å². The summed E-state index contributed by atoms with van der Waals surface area (Å²) >= 11 is 0. The maximum Gasteiger partial charge on any atom is 0.269 e. The predicted octanol–water partition coefficient (Wildman–Crippen LogP) is 2.74. The standard InChI is InChI=1S/C15H16N2O3/c18-9-8-13-10-14(17(19)20)6-7-15(13)16-11-12-4-2-1-3-5-12/h1-7,10,16,18H,8-9,11H2. The van der Waals surface area contributed by atoms with Gasteiger partial charge in [0, 0.05) is 31.0 Å². The molecule has 0 aromatic heterocycles. The number of nitro benzene ring substituents is 1. The van der Waals surface area contributed by atoms with Crippen LogP contribution in [0.1, 0.15) is 11.1 Å². The Hall–Kier alpha value is -2.40. The molecule has 0 amide bonds. The maximum absolute atomic E-state index is 10.8. The number of hydrogen-bond acceptors (Lipinski definition) is 4. The first-order chi connectivity index (χ1) is 9.70. The van der Waals surface area contributed by atoms with Gasteiger partial charge >= 0.3 is 0 Å². The summed E-state index contributed by atoms with van der Waals surface area (Å²) in [6.07, 6.45) is 0.388. The average Bonchev–Trinajstić information content (AvgIpc) is 2.47. The molecule has 0 unspecified atom stereocenters. The van der Waals surface area contributed by atoms with Crippen LogP contribution in [0.3, 0.4) is 0 Å². The number of aliphatic hydroxyl groups is 1. The summed E-state index contributed by atoms with van der Waals surface area (Å²) in [5, 5.41) is 23.1. The minimum atomic E-state index is -0.429. The minimum Gasteiger partial charge on any atom is -0.396 e. The van der Waals surface area contributed by atoms with Gasteiger partial charge in [-0.3, -0.25) is 10.1 Å². The topological polar surface area (TPSA) is 75.4 Å². The van der Waals surface area contributed by atoms with Gasteiger partial charge in [0.15, 0.2) is 0 Å². The van der Waals surface area contributed by atoms with Crippen LogP contribution < -0.4 is 5.32 Å². The zero-order valence-electron chi connectivity index (χ0n) is 11.0. The quantitative estimate of drug-likeness (QED) is 0.626. The molecule has 0 aliphatic rings. The molecule has 2 rings (SSSR count). The lowest BCUT2D eigenvalue weighted by atomic mass is 10.1. The lowest BCUT2D eigenvalue weighted by Crippen LogP contribution is -2.04. The molecular formula is C15H16N2O3. The summed E-state index contributed by atoms with van der Waals surface area (Å²) in [7, 11) is 0. The van der Waals surface area contributed by atoms with Crippen LogP contribution in [-0.4, -0.2) is 16.6 Å². The van der Waals surface area contributed by atoms with E-state index in [4.69, 9.17) is 5.11 Å². The number of aliphatic hydroxyl groups excluding tert-OH is 1. The molecule has 104 valence electrons. The summed E-state index contributed by atoms with van der Waals surface area (Å²) in [5.74, 6) is 0. The molecule has 0 bridgehead atoms. The second-order valence-corrected chi connectivity index (χ2v) is 4.41. The molecule has 20 heavy (non-hydrogen) atoms. The Morgan fingerprint density at radius 1 is 1.15 bits per heavy atom. The van der Waals surface area contributed by atoms with Crippen LogP contribution in [0.2, 0.25) is 0 Å². The summed E-state index contributed by atoms with van der Waals surface area (Å²) in [6.45, 7) is 0.596. The molecule has 0 saturated carbocycles. The Labute approximate surface area is 117 Å². The van der Waals surface area contributed by atoms with Crippen molar-refractivity contribution in [1.82, 2.24) is 0 Å². The third-order valence-corrected chi connectivity index (χ3v) is 3.01. The lowest BCUT2D eigenvalue weighted by Gasteiger charge is -2.11. The van der Waals surface area contributed by atoms with E-state index in [1.54, 1.807) is 6.07 Å². The molecule has 2 N–H and O–H groups in total. The number of benzene rings is 2. The van der Waals surface area contributed by atoms with Gasteiger partial charge in [-0.25, -0.2) is 0 Å². The van der Waals surface area contributed by atoms with Gasteiger partial charge in [0.05, 0.1) is 4.92 Å². The second kappa shape index (κ2) is 6.68. The first kappa shape index (κ1) is 14.0. The summed E-state index contributed by atoms with van der Waals surface area (Å²) in [4.78, 5) is 10.3. The Balaban J connectivity index is 2.16. The van der Waals surface area contributed by atoms with E-state index in [0.717, 1.165) is 16.8 Å². The molecule has 0 atom stereocenters. The van der Waals surface area contributed by atoms with Gasteiger partial charge in [0.2, 0.25) is 0 Å². The number of non-ortho nitro benzene ring substituents is 1. The van der Waals surface area contributed by atoms with Gasteiger partial charge in [-0.2, -0.15) is 0 Å². The van der Waals surface area contributed by atoms with E-state index in [-0.39, 0.29) is 12.3 Å². The second-order valence-electron chi connectivity index (χ2n) is 4.41. The fourth-order valence-corrected chi connectivity index (χ4v) is 1.99. The van der Waals surface area contributed by atoms with Gasteiger partial charge in [-0.05, 0) is 23.6 Å². The first-order valence-corrected chi connectivity index (χ1v) is 6.36. The third-order valence-electron chi connectivity index (χ3n) is 3.01. The van der Waals surface area contributed by atoms with E-state index in [1.165, 1.54) is 12.1 Å². The van der Waals surface area contributed by atoms with Crippen molar-refractivity contribution in [2.75, 3.05) is 11.9 Å². The van der Waals surface area contributed by atoms with Crippen molar-refractivity contribution in [3.63, 3.8) is 0 Å². The highest BCUT2D eigenvalue weighted by molar-refractivity contribution is 5.56. The Bertz CT molecular complexity index is 585. The molecule has 0 aliphatic carbocycles. The van der Waals surface area contributed by atoms with Crippen molar-refractivity contribution >= 4 is 11.4 Å². The number of nitro groups is 1. The van der Waals surface area contributed by atoms with Crippen LogP contribution in [0.25, 0.3) is 0 Å². The molecule has 0 spiro atoms. The van der Waals surface area contributed by atoms with Crippen LogP contribution in [0.15, 0.2) is 48.5 Å². The van der Waals surface area contributed by atoms with Crippen molar-refractivity contribution in [3.05, 3.63) is 69.8 Å². The van der Waals surface area contributed by atoms with Crippen LogP contribution >= 0.6 is 0 Å². The van der Waals surface area contributed by atoms with E-state index in [9.17, 15) is 10.1 Å². The van der Waals surface area contributed by atoms with E-state index < -0.39 is 4.92 Å². The zero-order chi connectivity index (χ0) is 14.4. The Morgan fingerprint density at radius 2 is 1.90 bits per heavy atom. The molecule has 5 heteroatoms. The van der Waals surface area contributed by atoms with Crippen molar-refractivity contribution in [3.8, 4) is 0 Å². The molecule has 0 heterocycles. The molecule has 5 nitrogen and oxygen atoms in total. The van der Waals surface area contributed by atoms with Gasteiger partial charge in [0.25, 0.3) is 5.69 Å². The fourth-order valence-electron chi connectivity index (χ4n) is 1.99. The van der Waals surface area contributed by atoms with Gasteiger partial charge in [0.1, 0.15) is 0 Å². The number of nitrogens with zero attached hydrogens (tertiary/aromatic N) is 1. The minimum absolute atomic E-state index is 0.0405. The van der Waals surface area contributed by atoms with Crippen molar-refractivity contribution in [2.45, 2.75) is 13.0 Å². The Kier molecular flexibility index (Phi) is 4.68. The van der Waals surface area contributed by atoms with E-state index >= 15 is 0 Å². The van der Waals surface area contributed by atoms with Gasteiger partial charge in [-0.1, -0.05) is 30.3 Å². The van der Waals surface area contributed by atoms with E-state index in [1.807, 2.05) is 30.3 Å². The highest BCUT2D eigenvalue weighted by Gasteiger charge is 2.10. The van der Waals surface area contributed by atoms with Crippen LogP contribution in [-0.2, 0) is 13.0 Å². The highest BCUT2D eigenvalue weighted by atomic mass is 16.6. The average molecular weight is 272 g/mol. The molecule has 0 saturated heterocycles. The van der Waals surface area contributed by atoms with Gasteiger partial charge in [-0.15, -0.1) is 0 Å². The maximum atomic E-state index is 10.8. The lowest BCUT2D eigenvalue weighted by molar-refractivity contribution is -0.384. The smallest absolute Gasteiger partial charge is 0.269 e. The van der Waals surface area contributed by atoms with Crippen molar-refractivity contribution in [1.29, 1.82) is 0 Å². The number of hydrogen-bond donors (Lipinski definition) is 2. The zero-order valence-corrected chi connectivity index (χ0v) is 11.0. The monoisotopic (exact) mass is 272 g/mol. The van der Waals surface area contributed by atoms with Crippen molar-refractivity contribution in [2.24, 2.45) is 0 Å². The highest BCUT2D eigenvalue weighted by Crippen LogP contribution is 2.23. The van der Waals surface area contributed by atoms with Crippen LogP contribution in [0.4, 0.5) is 11.4 Å². The largest absolute Gasteiger partial charge is 0.396 e. The number of anilines is 1. The van der Waals surface area contributed by atoms with Crippen molar-refractivity contribution < 1.29 is 10.0 Å². The van der Waals surface area contributed by atoms with E-state index in [0.29, 0.717) is 13.0 Å². The summed E-state index contributed by atoms with van der Waals surface area (Å²) in [5.41, 5.74) is 2.73. The molecule has 0 aliphatic heterocycles. The van der Waals surface area contributed by atoms with Gasteiger partial charge < -0.3 is 10.4 Å². The fraction of sp³-hybridized carbons (Fsp3) is 0.200. The first-order valence-electron chi connectivity index (χ1n) is 6.36. The van der Waals surface area contributed by atoms with E-state index in [2.05, 4.69) is 5.32 Å². The van der Waals surface area contributed by atoms with Crippen LogP contribution in [0, 0.1) is 10.1 Å². The third kappa shape index (κ3) is 3.55. The normalized spacial score (nSPS) is 10.2. The molecule has 0 fully saturated rings. The summed E-state index contributed by atoms with van der Waals surface area (Å²) in [6, 6.07) is 14.5. The number of nitrogens with one attached hydrogen (secondary N) is 1. The predicted molar refractivity (Wildman–Crippen MR) is 77.7 cm³/mol. The molecule has 2 aromatic rings. The Morgan fingerprint density at radius 3 is 2.55 bits per heavy atom.